The van der Waals surface area contributed by atoms with E-state index in [0.717, 1.165) is 17.4 Å². The minimum atomic E-state index is 0.100. The second kappa shape index (κ2) is 5.32. The van der Waals surface area contributed by atoms with E-state index < -0.39 is 0 Å². The molecule has 18 heavy (non-hydrogen) atoms. The quantitative estimate of drug-likeness (QED) is 0.654. The molecule has 0 aliphatic heterocycles. The molecule has 0 aliphatic rings. The van der Waals surface area contributed by atoms with E-state index in [1.807, 2.05) is 43.3 Å². The smallest absolute Gasteiger partial charge is 0.150 e. The van der Waals surface area contributed by atoms with Crippen LogP contribution >= 0.6 is 0 Å². The topological polar surface area (TPSA) is 37.3 Å². The summed E-state index contributed by atoms with van der Waals surface area (Å²) in [5.41, 5.74) is 3.57. The van der Waals surface area contributed by atoms with E-state index in [0.29, 0.717) is 5.56 Å². The van der Waals surface area contributed by atoms with Crippen LogP contribution in [0, 0.1) is 6.92 Å². The maximum Gasteiger partial charge on any atom is 0.150 e. The maximum atomic E-state index is 10.7. The van der Waals surface area contributed by atoms with Crippen molar-refractivity contribution in [1.82, 2.24) is 0 Å². The summed E-state index contributed by atoms with van der Waals surface area (Å²) in [4.78, 5) is 10.7. The van der Waals surface area contributed by atoms with Gasteiger partial charge in [-0.2, -0.15) is 0 Å². The summed E-state index contributed by atoms with van der Waals surface area (Å²) >= 11 is 0. The van der Waals surface area contributed by atoms with Gasteiger partial charge in [0.05, 0.1) is 0 Å². The molecule has 0 unspecified atom stereocenters. The lowest BCUT2D eigenvalue weighted by molar-refractivity contribution is 0.112. The van der Waals surface area contributed by atoms with Crippen molar-refractivity contribution in [2.45, 2.75) is 6.92 Å². The molecule has 1 N–H and O–H groups in total. The van der Waals surface area contributed by atoms with Gasteiger partial charge in [-0.25, -0.2) is 0 Å². The number of rotatable bonds is 3. The van der Waals surface area contributed by atoms with Crippen LogP contribution in [0.1, 0.15) is 27.0 Å². The van der Waals surface area contributed by atoms with Gasteiger partial charge < -0.3 is 5.11 Å². The zero-order chi connectivity index (χ0) is 13.0. The van der Waals surface area contributed by atoms with E-state index in [2.05, 4.69) is 0 Å². The Labute approximate surface area is 106 Å². The van der Waals surface area contributed by atoms with Crippen LogP contribution in [0.5, 0.6) is 5.75 Å². The predicted molar refractivity (Wildman–Crippen MR) is 73.6 cm³/mol. The van der Waals surface area contributed by atoms with Crippen LogP contribution in [0.2, 0.25) is 0 Å². The van der Waals surface area contributed by atoms with Gasteiger partial charge in [-0.1, -0.05) is 42.0 Å². The molecule has 0 fully saturated rings. The van der Waals surface area contributed by atoms with E-state index in [9.17, 15) is 9.90 Å². The van der Waals surface area contributed by atoms with E-state index in [4.69, 9.17) is 0 Å². The highest BCUT2D eigenvalue weighted by Gasteiger charge is 1.96. The number of phenolic OH excluding ortho intramolecular Hbond substituents is 1. The summed E-state index contributed by atoms with van der Waals surface area (Å²) in [5, 5.41) is 9.47. The predicted octanol–water partition coefficient (Wildman–Crippen LogP) is 3.68. The zero-order valence-electron chi connectivity index (χ0n) is 10.1. The van der Waals surface area contributed by atoms with E-state index in [1.165, 1.54) is 11.6 Å². The first-order valence-electron chi connectivity index (χ1n) is 5.71. The van der Waals surface area contributed by atoms with Gasteiger partial charge in [0.15, 0.2) is 0 Å². The van der Waals surface area contributed by atoms with Crippen LogP contribution < -0.4 is 0 Å². The van der Waals surface area contributed by atoms with Crippen molar-refractivity contribution in [3.63, 3.8) is 0 Å². The van der Waals surface area contributed by atoms with Crippen LogP contribution in [0.3, 0.4) is 0 Å². The minimum Gasteiger partial charge on any atom is -0.508 e. The largest absolute Gasteiger partial charge is 0.508 e. The molecule has 0 aromatic heterocycles. The summed E-state index contributed by atoms with van der Waals surface area (Å²) in [5.74, 6) is 0.100. The standard InChI is InChI=1S/C16H14O2/c1-12-2-4-13(5-3-12)6-7-14-8-15(11-17)10-16(18)9-14/h2-11,18H,1H3/b7-6+. The first-order valence-corrected chi connectivity index (χ1v) is 5.71. The highest BCUT2D eigenvalue weighted by atomic mass is 16.3. The van der Waals surface area contributed by atoms with Crippen LogP contribution in [-0.2, 0) is 0 Å². The molecule has 0 atom stereocenters. The molecule has 0 bridgehead atoms. The normalized spacial score (nSPS) is 10.7. The Kier molecular flexibility index (Phi) is 3.58. The van der Waals surface area contributed by atoms with Gasteiger partial charge in [0, 0.05) is 5.56 Å². The van der Waals surface area contributed by atoms with Crippen molar-refractivity contribution in [2.24, 2.45) is 0 Å². The maximum absolute atomic E-state index is 10.7. The van der Waals surface area contributed by atoms with Crippen LogP contribution in [0.4, 0.5) is 0 Å². The lowest BCUT2D eigenvalue weighted by Crippen LogP contribution is -1.81. The number of carbonyl (C=O) groups is 1. The Morgan fingerprint density at radius 1 is 0.889 bits per heavy atom. The molecule has 2 heteroatoms. The van der Waals surface area contributed by atoms with Crippen LogP contribution in [0.15, 0.2) is 42.5 Å². The monoisotopic (exact) mass is 238 g/mol. The van der Waals surface area contributed by atoms with Crippen molar-refractivity contribution in [3.05, 3.63) is 64.7 Å². The van der Waals surface area contributed by atoms with E-state index in [1.54, 1.807) is 12.1 Å². The molecule has 0 saturated heterocycles. The third-order valence-corrected chi connectivity index (χ3v) is 2.64. The number of carbonyl (C=O) groups excluding carboxylic acids is 1. The van der Waals surface area contributed by atoms with Crippen molar-refractivity contribution in [3.8, 4) is 5.75 Å². The second-order valence-corrected chi connectivity index (χ2v) is 4.22. The van der Waals surface area contributed by atoms with Gasteiger partial charge in [0.25, 0.3) is 0 Å². The summed E-state index contributed by atoms with van der Waals surface area (Å²) in [6.07, 6.45) is 4.54. The summed E-state index contributed by atoms with van der Waals surface area (Å²) in [6.45, 7) is 2.04. The molecule has 0 spiro atoms. The van der Waals surface area contributed by atoms with Gasteiger partial charge in [-0.15, -0.1) is 0 Å². The first kappa shape index (κ1) is 12.1. The van der Waals surface area contributed by atoms with Gasteiger partial charge in [-0.3, -0.25) is 4.79 Å². The lowest BCUT2D eigenvalue weighted by Gasteiger charge is -1.99. The molecule has 2 aromatic carbocycles. The number of aldehydes is 1. The highest BCUT2D eigenvalue weighted by molar-refractivity contribution is 5.79. The molecule has 2 aromatic rings. The number of benzene rings is 2. The molecular weight excluding hydrogens is 224 g/mol. The Bertz CT molecular complexity index is 581. The van der Waals surface area contributed by atoms with Crippen molar-refractivity contribution < 1.29 is 9.90 Å². The molecule has 0 aliphatic carbocycles. The van der Waals surface area contributed by atoms with Gasteiger partial charge >= 0.3 is 0 Å². The Morgan fingerprint density at radius 3 is 2.17 bits per heavy atom. The number of aromatic hydroxyl groups is 1. The average molecular weight is 238 g/mol. The fraction of sp³-hybridized carbons (Fsp3) is 0.0625. The Morgan fingerprint density at radius 2 is 1.50 bits per heavy atom. The van der Waals surface area contributed by atoms with Crippen molar-refractivity contribution >= 4 is 18.4 Å². The van der Waals surface area contributed by atoms with Crippen molar-refractivity contribution in [1.29, 1.82) is 0 Å². The number of aryl methyl sites for hydroxylation is 1. The van der Waals surface area contributed by atoms with E-state index >= 15 is 0 Å². The molecule has 2 nitrogen and oxygen atoms in total. The molecule has 0 radical (unpaired) electrons. The SMILES string of the molecule is Cc1ccc(/C=C/c2cc(O)cc(C=O)c2)cc1. The second-order valence-electron chi connectivity index (χ2n) is 4.22. The Hall–Kier alpha value is -2.35. The molecular formula is C16H14O2. The van der Waals surface area contributed by atoms with Crippen LogP contribution in [0.25, 0.3) is 12.2 Å². The van der Waals surface area contributed by atoms with Gasteiger partial charge in [0.2, 0.25) is 0 Å². The minimum absolute atomic E-state index is 0.100. The highest BCUT2D eigenvalue weighted by Crippen LogP contribution is 2.17. The molecule has 90 valence electrons. The number of hydrogen-bond acceptors (Lipinski definition) is 2. The number of hydrogen-bond donors (Lipinski definition) is 1. The summed E-state index contributed by atoms with van der Waals surface area (Å²) in [6, 6.07) is 12.9. The van der Waals surface area contributed by atoms with Crippen molar-refractivity contribution in [2.75, 3.05) is 0 Å². The van der Waals surface area contributed by atoms with E-state index in [-0.39, 0.29) is 5.75 Å². The molecule has 0 amide bonds. The zero-order valence-corrected chi connectivity index (χ0v) is 10.1. The molecule has 0 saturated carbocycles. The first-order chi connectivity index (χ1) is 8.67. The summed E-state index contributed by atoms with van der Waals surface area (Å²) in [7, 11) is 0. The average Bonchev–Trinajstić information content (AvgIpc) is 2.37. The number of phenols is 1. The third-order valence-electron chi connectivity index (χ3n) is 2.64. The Balaban J connectivity index is 2.25. The fourth-order valence-corrected chi connectivity index (χ4v) is 1.69. The molecule has 2 rings (SSSR count). The third kappa shape index (κ3) is 3.08. The van der Waals surface area contributed by atoms with Crippen LogP contribution in [-0.4, -0.2) is 11.4 Å². The fourth-order valence-electron chi connectivity index (χ4n) is 1.69. The molecule has 0 heterocycles. The van der Waals surface area contributed by atoms with Gasteiger partial charge in [-0.05, 0) is 36.2 Å². The summed E-state index contributed by atoms with van der Waals surface area (Å²) < 4.78 is 0. The van der Waals surface area contributed by atoms with Gasteiger partial charge in [0.1, 0.15) is 12.0 Å². The lowest BCUT2D eigenvalue weighted by atomic mass is 10.1.